The van der Waals surface area contributed by atoms with Gasteiger partial charge in [-0.15, -0.1) is 6.58 Å². The van der Waals surface area contributed by atoms with Gasteiger partial charge in [0.05, 0.1) is 30.6 Å². The van der Waals surface area contributed by atoms with Crippen LogP contribution < -0.4 is 9.80 Å². The van der Waals surface area contributed by atoms with Crippen molar-refractivity contribution in [1.29, 1.82) is 0 Å². The van der Waals surface area contributed by atoms with E-state index in [9.17, 15) is 24.6 Å². The Labute approximate surface area is 241 Å². The molecule has 0 aliphatic carbocycles. The van der Waals surface area contributed by atoms with E-state index in [1.54, 1.807) is 11.0 Å². The molecule has 3 heterocycles. The fourth-order valence-electron chi connectivity index (χ4n) is 7.21. The van der Waals surface area contributed by atoms with Gasteiger partial charge in [-0.05, 0) is 62.9 Å². The third kappa shape index (κ3) is 4.81. The zero-order valence-electron chi connectivity index (χ0n) is 23.7. The highest BCUT2D eigenvalue weighted by Gasteiger charge is 2.75. The number of aliphatic carboxylic acids is 1. The lowest BCUT2D eigenvalue weighted by molar-refractivity contribution is -0.151. The fourth-order valence-corrected chi connectivity index (χ4v) is 7.21. The molecule has 3 saturated heterocycles. The topological polar surface area (TPSA) is 111 Å². The summed E-state index contributed by atoms with van der Waals surface area (Å²) >= 11 is 0. The van der Waals surface area contributed by atoms with Crippen LogP contribution in [-0.2, 0) is 25.5 Å². The van der Waals surface area contributed by atoms with Gasteiger partial charge < -0.3 is 29.6 Å². The highest BCUT2D eigenvalue weighted by Crippen LogP contribution is 2.59. The van der Waals surface area contributed by atoms with Crippen molar-refractivity contribution in [2.75, 3.05) is 36.0 Å². The monoisotopic (exact) mass is 561 g/mol. The molecule has 2 N–H and O–H groups in total. The van der Waals surface area contributed by atoms with E-state index in [0.717, 1.165) is 24.3 Å². The van der Waals surface area contributed by atoms with Crippen LogP contribution >= 0.6 is 0 Å². The molecule has 2 aromatic carbocycles. The summed E-state index contributed by atoms with van der Waals surface area (Å²) in [7, 11) is 0. The zero-order valence-corrected chi connectivity index (χ0v) is 23.7. The van der Waals surface area contributed by atoms with E-state index >= 15 is 0 Å². The van der Waals surface area contributed by atoms with Gasteiger partial charge in [0.1, 0.15) is 11.6 Å². The zero-order chi connectivity index (χ0) is 29.3. The summed E-state index contributed by atoms with van der Waals surface area (Å²) in [5, 5.41) is 20.7. The Bertz CT molecular complexity index is 1280. The molecule has 0 saturated carbocycles. The minimum atomic E-state index is -1.27. The van der Waals surface area contributed by atoms with Gasteiger partial charge in [-0.25, -0.2) is 0 Å². The van der Waals surface area contributed by atoms with E-state index < -0.39 is 47.5 Å². The number of ether oxygens (including phenoxy) is 1. The maximum atomic E-state index is 14.7. The molecule has 2 bridgehead atoms. The Morgan fingerprint density at radius 3 is 2.37 bits per heavy atom. The molecule has 41 heavy (non-hydrogen) atoms. The first-order chi connectivity index (χ1) is 19.8. The van der Waals surface area contributed by atoms with E-state index in [0.29, 0.717) is 24.9 Å². The van der Waals surface area contributed by atoms with Crippen molar-refractivity contribution < 1.29 is 29.3 Å². The summed E-state index contributed by atoms with van der Waals surface area (Å²) in [6.07, 6.45) is 2.18. The smallest absolute Gasteiger partial charge is 0.310 e. The van der Waals surface area contributed by atoms with Crippen molar-refractivity contribution in [3.63, 3.8) is 0 Å². The summed E-state index contributed by atoms with van der Waals surface area (Å²) in [5.74, 6) is -3.93. The molecule has 3 fully saturated rings. The van der Waals surface area contributed by atoms with Gasteiger partial charge in [-0.3, -0.25) is 14.4 Å². The van der Waals surface area contributed by atoms with Crippen LogP contribution in [0.3, 0.4) is 0 Å². The normalized spacial score (nSPS) is 27.0. The van der Waals surface area contributed by atoms with E-state index in [1.807, 2.05) is 54.6 Å². The second-order valence-electron chi connectivity index (χ2n) is 11.1. The molecular formula is C32H39N3O6. The Kier molecular flexibility index (Phi) is 8.20. The fraction of sp³-hybridized carbons (Fsp3) is 0.469. The van der Waals surface area contributed by atoms with Gasteiger partial charge in [0.15, 0.2) is 0 Å². The van der Waals surface area contributed by atoms with Crippen LogP contribution in [0.15, 0.2) is 67.3 Å². The Morgan fingerprint density at radius 1 is 1.12 bits per heavy atom. The number of carboxylic acids is 1. The van der Waals surface area contributed by atoms with Crippen molar-refractivity contribution in [3.8, 4) is 0 Å². The number of aliphatic hydroxyl groups excluding tert-OH is 1. The van der Waals surface area contributed by atoms with E-state index in [2.05, 4.69) is 25.3 Å². The van der Waals surface area contributed by atoms with Crippen LogP contribution in [0.5, 0.6) is 0 Å². The van der Waals surface area contributed by atoms with Crippen molar-refractivity contribution in [2.45, 2.75) is 56.9 Å². The van der Waals surface area contributed by atoms with Gasteiger partial charge >= 0.3 is 5.97 Å². The molecular weight excluding hydrogens is 522 g/mol. The van der Waals surface area contributed by atoms with E-state index in [1.165, 1.54) is 4.90 Å². The Balaban J connectivity index is 1.57. The lowest BCUT2D eigenvalue weighted by Gasteiger charge is -2.39. The number of amides is 2. The predicted molar refractivity (Wildman–Crippen MR) is 156 cm³/mol. The number of nitrogens with zero attached hydrogens (tertiary/aromatic N) is 3. The van der Waals surface area contributed by atoms with Crippen molar-refractivity contribution >= 4 is 29.2 Å². The number of rotatable bonds is 12. The summed E-state index contributed by atoms with van der Waals surface area (Å²) in [4.78, 5) is 46.4. The molecule has 1 spiro atoms. The van der Waals surface area contributed by atoms with Crippen LogP contribution in [0, 0.1) is 11.8 Å². The molecule has 0 unspecified atom stereocenters. The average molecular weight is 562 g/mol. The number of benzene rings is 2. The highest BCUT2D eigenvalue weighted by molar-refractivity contribution is 6.04. The van der Waals surface area contributed by atoms with Crippen LogP contribution in [-0.4, -0.2) is 82.9 Å². The highest BCUT2D eigenvalue weighted by atomic mass is 16.5. The minimum absolute atomic E-state index is 0.191. The largest absolute Gasteiger partial charge is 0.481 e. The molecule has 9 nitrogen and oxygen atoms in total. The number of hydrogen-bond acceptors (Lipinski definition) is 6. The second-order valence-corrected chi connectivity index (χ2v) is 11.1. The van der Waals surface area contributed by atoms with Gasteiger partial charge in [0, 0.05) is 31.0 Å². The van der Waals surface area contributed by atoms with E-state index in [4.69, 9.17) is 4.74 Å². The molecule has 3 aliphatic rings. The molecule has 6 atom stereocenters. The lowest BCUT2D eigenvalue weighted by Crippen LogP contribution is -2.59. The number of carboxylic acid groups (broad SMARTS) is 1. The number of anilines is 2. The SMILES string of the molecule is C=CCN(C(=O)[C@@H]1N([C@@H](CO)Cc2ccccc2)C(=O)[C@H]2[C@H](C(=O)O)[C@@H]3CC[C@]12O3)c1ccc(N(CC)CC)cc1. The summed E-state index contributed by atoms with van der Waals surface area (Å²) in [6.45, 7) is 9.54. The molecule has 0 radical (unpaired) electrons. The van der Waals surface area contributed by atoms with Crippen molar-refractivity contribution in [2.24, 2.45) is 11.8 Å². The van der Waals surface area contributed by atoms with Gasteiger partial charge in [0.25, 0.3) is 5.91 Å². The van der Waals surface area contributed by atoms with Crippen molar-refractivity contribution in [3.05, 3.63) is 72.8 Å². The first-order valence-corrected chi connectivity index (χ1v) is 14.5. The number of aliphatic hydroxyl groups is 1. The minimum Gasteiger partial charge on any atom is -0.481 e. The third-order valence-corrected chi connectivity index (χ3v) is 9.04. The number of hydrogen-bond donors (Lipinski definition) is 2. The quantitative estimate of drug-likeness (QED) is 0.383. The molecule has 218 valence electrons. The number of carbonyl (C=O) groups excluding carboxylic acids is 2. The molecule has 2 amide bonds. The number of likely N-dealkylation sites (tertiary alicyclic amines) is 1. The molecule has 9 heteroatoms. The molecule has 3 aliphatic heterocycles. The predicted octanol–water partition coefficient (Wildman–Crippen LogP) is 3.11. The van der Waals surface area contributed by atoms with Crippen LogP contribution in [0.1, 0.15) is 32.3 Å². The Morgan fingerprint density at radius 2 is 1.78 bits per heavy atom. The van der Waals surface area contributed by atoms with E-state index in [-0.39, 0.29) is 19.1 Å². The molecule has 2 aromatic rings. The maximum Gasteiger partial charge on any atom is 0.310 e. The average Bonchev–Trinajstić information content (AvgIpc) is 3.63. The lowest BCUT2D eigenvalue weighted by atomic mass is 9.70. The first kappa shape index (κ1) is 28.8. The summed E-state index contributed by atoms with van der Waals surface area (Å²) < 4.78 is 6.38. The first-order valence-electron chi connectivity index (χ1n) is 14.5. The summed E-state index contributed by atoms with van der Waals surface area (Å²) in [6, 6.07) is 15.3. The van der Waals surface area contributed by atoms with Gasteiger partial charge in [-0.2, -0.15) is 0 Å². The van der Waals surface area contributed by atoms with Crippen LogP contribution in [0.2, 0.25) is 0 Å². The number of carbonyl (C=O) groups is 3. The summed E-state index contributed by atoms with van der Waals surface area (Å²) in [5.41, 5.74) is 1.30. The van der Waals surface area contributed by atoms with Crippen LogP contribution in [0.4, 0.5) is 11.4 Å². The molecule has 0 aromatic heterocycles. The molecule has 5 rings (SSSR count). The standard InChI is InChI=1S/C32H39N3O6/c1-4-18-34(23-14-12-22(13-15-23)33(5-2)6-3)30(38)28-32-17-16-25(41-32)26(31(39)40)27(32)29(37)35(28)24(20-36)19-21-10-8-7-9-11-21/h4,7-15,24-28,36H,1,5-6,16-20H2,2-3H3,(H,39,40)/t24-,25+,26-,27-,28+,32-/m1/s1. The second kappa shape index (κ2) is 11.7. The van der Waals surface area contributed by atoms with Crippen LogP contribution in [0.25, 0.3) is 0 Å². The number of fused-ring (bicyclic) bond motifs is 1. The van der Waals surface area contributed by atoms with Gasteiger partial charge in [-0.1, -0.05) is 36.4 Å². The van der Waals surface area contributed by atoms with Crippen molar-refractivity contribution in [1.82, 2.24) is 4.90 Å². The third-order valence-electron chi connectivity index (χ3n) is 9.04. The maximum absolute atomic E-state index is 14.7. The Hall–Kier alpha value is -3.69. The van der Waals surface area contributed by atoms with Gasteiger partial charge in [0.2, 0.25) is 5.91 Å².